The van der Waals surface area contributed by atoms with Gasteiger partial charge in [-0.1, -0.05) is 23.7 Å². The highest BCUT2D eigenvalue weighted by Gasteiger charge is 2.54. The maximum atomic E-state index is 13.6. The molecule has 3 aliphatic rings. The molecule has 0 radical (unpaired) electrons. The SMILES string of the molecule is Cc1[nH]nc2cc(C3=CN=C(C4C5CC5c5cc(-c6cc(Cl)ccc6-n6cnnn6)cc(=O)n54)C3)ccc12. The molecule has 8 rings (SSSR count). The molecule has 3 aromatic heterocycles. The number of tetrazole rings is 1. The maximum Gasteiger partial charge on any atom is 0.251 e. The first-order valence-electron chi connectivity index (χ1n) is 12.6. The van der Waals surface area contributed by atoms with Gasteiger partial charge in [0.05, 0.1) is 17.2 Å². The number of nitrogens with zero attached hydrogens (tertiary/aromatic N) is 7. The van der Waals surface area contributed by atoms with Crippen LogP contribution in [-0.4, -0.2) is 40.7 Å². The lowest BCUT2D eigenvalue weighted by Crippen LogP contribution is -2.29. The number of aryl methyl sites for hydroxylation is 1. The average Bonchev–Trinajstić information content (AvgIpc) is 3.35. The largest absolute Gasteiger partial charge is 0.303 e. The summed E-state index contributed by atoms with van der Waals surface area (Å²) in [5.41, 5.74) is 8.78. The van der Waals surface area contributed by atoms with Gasteiger partial charge in [-0.3, -0.25) is 14.9 Å². The van der Waals surface area contributed by atoms with Crippen molar-refractivity contribution in [3.63, 3.8) is 0 Å². The van der Waals surface area contributed by atoms with Crippen LogP contribution in [0.1, 0.15) is 41.8 Å². The number of hydrogen-bond acceptors (Lipinski definition) is 6. The number of nitrogens with one attached hydrogen (secondary N) is 1. The van der Waals surface area contributed by atoms with E-state index in [0.717, 1.165) is 68.8 Å². The molecule has 5 heterocycles. The lowest BCUT2D eigenvalue weighted by molar-refractivity contribution is 0.584. The van der Waals surface area contributed by atoms with Crippen molar-refractivity contribution in [2.24, 2.45) is 10.9 Å². The molecule has 0 bridgehead atoms. The summed E-state index contributed by atoms with van der Waals surface area (Å²) in [7, 11) is 0. The monoisotopic (exact) mass is 520 g/mol. The second kappa shape index (κ2) is 7.82. The van der Waals surface area contributed by atoms with Gasteiger partial charge in [-0.25, -0.2) is 0 Å². The minimum absolute atomic E-state index is 0.0139. The van der Waals surface area contributed by atoms with E-state index in [1.807, 2.05) is 29.8 Å². The fourth-order valence-electron chi connectivity index (χ4n) is 6.19. The number of pyridine rings is 1. The van der Waals surface area contributed by atoms with Crippen LogP contribution in [0.2, 0.25) is 5.02 Å². The highest BCUT2D eigenvalue weighted by molar-refractivity contribution is 6.31. The molecule has 5 aromatic rings. The zero-order valence-electron chi connectivity index (χ0n) is 20.3. The van der Waals surface area contributed by atoms with Crippen LogP contribution in [0.3, 0.4) is 0 Å². The summed E-state index contributed by atoms with van der Waals surface area (Å²) in [6.07, 6.45) is 5.28. The summed E-state index contributed by atoms with van der Waals surface area (Å²) in [6.45, 7) is 2.02. The van der Waals surface area contributed by atoms with Crippen LogP contribution in [0.25, 0.3) is 33.3 Å². The average molecular weight is 521 g/mol. The first kappa shape index (κ1) is 21.7. The van der Waals surface area contributed by atoms with Gasteiger partial charge < -0.3 is 4.57 Å². The number of H-pyrrole nitrogens is 1. The van der Waals surface area contributed by atoms with Crippen LogP contribution in [0.5, 0.6) is 0 Å². The van der Waals surface area contributed by atoms with Gasteiger partial charge in [-0.2, -0.15) is 9.78 Å². The zero-order valence-corrected chi connectivity index (χ0v) is 21.1. The number of hydrogen-bond donors (Lipinski definition) is 1. The highest BCUT2D eigenvalue weighted by Crippen LogP contribution is 2.60. The Labute approximate surface area is 221 Å². The van der Waals surface area contributed by atoms with Crippen molar-refractivity contribution in [2.45, 2.75) is 31.7 Å². The quantitative estimate of drug-likeness (QED) is 0.364. The molecule has 0 saturated heterocycles. The van der Waals surface area contributed by atoms with Crippen LogP contribution in [0.4, 0.5) is 0 Å². The lowest BCUT2D eigenvalue weighted by Gasteiger charge is -2.20. The molecular formula is C28H21ClN8O. The van der Waals surface area contributed by atoms with Crippen LogP contribution in [-0.2, 0) is 0 Å². The standard InChI is InChI=1S/C28H21ClN8O/c1-14-19-4-2-15(6-23(19)33-32-14)17-7-24(30-12-17)28-22-11-21(22)26-8-16(9-27(38)37(26)28)20-10-18(29)3-5-25(20)36-13-31-34-35-36/h2-6,8-10,12-13,21-22,28H,7,11H2,1H3,(H,32,33). The van der Waals surface area contributed by atoms with E-state index in [0.29, 0.717) is 16.9 Å². The summed E-state index contributed by atoms with van der Waals surface area (Å²) in [6, 6.07) is 15.7. The fourth-order valence-corrected chi connectivity index (χ4v) is 6.36. The number of rotatable bonds is 4. The zero-order chi connectivity index (χ0) is 25.5. The molecule has 1 N–H and O–H groups in total. The van der Waals surface area contributed by atoms with E-state index in [1.54, 1.807) is 16.8 Å². The van der Waals surface area contributed by atoms with E-state index in [9.17, 15) is 4.79 Å². The molecule has 0 amide bonds. The van der Waals surface area contributed by atoms with Gasteiger partial charge in [-0.15, -0.1) is 5.10 Å². The Bertz CT molecular complexity index is 1900. The first-order chi connectivity index (χ1) is 18.5. The van der Waals surface area contributed by atoms with Crippen LogP contribution in [0.15, 0.2) is 70.8 Å². The molecule has 1 fully saturated rings. The molecule has 1 aliphatic carbocycles. The molecule has 38 heavy (non-hydrogen) atoms. The third-order valence-corrected chi connectivity index (χ3v) is 8.32. The molecule has 2 aliphatic heterocycles. The Morgan fingerprint density at radius 1 is 1.08 bits per heavy atom. The molecule has 1 saturated carbocycles. The first-order valence-corrected chi connectivity index (χ1v) is 12.9. The summed E-state index contributed by atoms with van der Waals surface area (Å²) >= 11 is 6.36. The number of aromatic amines is 1. The van der Waals surface area contributed by atoms with Crippen molar-refractivity contribution in [2.75, 3.05) is 0 Å². The number of benzene rings is 2. The van der Waals surface area contributed by atoms with Gasteiger partial charge in [0.1, 0.15) is 6.33 Å². The third-order valence-electron chi connectivity index (χ3n) is 8.08. The minimum atomic E-state index is -0.0260. The van der Waals surface area contributed by atoms with Gasteiger partial charge >= 0.3 is 0 Å². The summed E-state index contributed by atoms with van der Waals surface area (Å²) in [5.74, 6) is 0.762. The van der Waals surface area contributed by atoms with Gasteiger partial charge in [0, 0.05) is 57.7 Å². The van der Waals surface area contributed by atoms with Crippen molar-refractivity contribution in [3.05, 3.63) is 93.4 Å². The van der Waals surface area contributed by atoms with Crippen LogP contribution in [0, 0.1) is 12.8 Å². The third kappa shape index (κ3) is 3.18. The van der Waals surface area contributed by atoms with Gasteiger partial charge in [0.15, 0.2) is 0 Å². The van der Waals surface area contributed by atoms with E-state index in [4.69, 9.17) is 16.6 Å². The molecular weight excluding hydrogens is 500 g/mol. The summed E-state index contributed by atoms with van der Waals surface area (Å²) in [5, 5.41) is 20.7. The maximum absolute atomic E-state index is 13.6. The fraction of sp³-hybridized carbons (Fsp3) is 0.214. The van der Waals surface area contributed by atoms with E-state index >= 15 is 0 Å². The van der Waals surface area contributed by atoms with E-state index in [-0.39, 0.29) is 11.6 Å². The molecule has 3 unspecified atom stereocenters. The van der Waals surface area contributed by atoms with Crippen molar-refractivity contribution < 1.29 is 0 Å². The Morgan fingerprint density at radius 2 is 2.00 bits per heavy atom. The molecule has 9 nitrogen and oxygen atoms in total. The molecule has 2 aromatic carbocycles. The minimum Gasteiger partial charge on any atom is -0.303 e. The topological polar surface area (TPSA) is 107 Å². The highest BCUT2D eigenvalue weighted by atomic mass is 35.5. The van der Waals surface area contributed by atoms with Crippen molar-refractivity contribution in [1.82, 2.24) is 35.0 Å². The van der Waals surface area contributed by atoms with Gasteiger partial charge in [0.25, 0.3) is 5.56 Å². The Kier molecular flexibility index (Phi) is 4.46. The van der Waals surface area contributed by atoms with Crippen molar-refractivity contribution in [3.8, 4) is 16.8 Å². The normalized spacial score (nSPS) is 21.4. The van der Waals surface area contributed by atoms with Crippen LogP contribution < -0.4 is 5.56 Å². The van der Waals surface area contributed by atoms with Crippen LogP contribution >= 0.6 is 11.6 Å². The van der Waals surface area contributed by atoms with E-state index in [2.05, 4.69) is 50.0 Å². The van der Waals surface area contributed by atoms with Crippen molar-refractivity contribution in [1.29, 1.82) is 0 Å². The lowest BCUT2D eigenvalue weighted by atomic mass is 9.97. The summed E-state index contributed by atoms with van der Waals surface area (Å²) in [4.78, 5) is 18.5. The van der Waals surface area contributed by atoms with Gasteiger partial charge in [0.2, 0.25) is 0 Å². The predicted octanol–water partition coefficient (Wildman–Crippen LogP) is 4.87. The summed E-state index contributed by atoms with van der Waals surface area (Å²) < 4.78 is 3.54. The molecule has 186 valence electrons. The van der Waals surface area contributed by atoms with E-state index in [1.165, 1.54) is 6.33 Å². The predicted molar refractivity (Wildman–Crippen MR) is 145 cm³/mol. The second-order valence-corrected chi connectivity index (χ2v) is 10.7. The Morgan fingerprint density at radius 3 is 2.87 bits per heavy atom. The molecule has 0 spiro atoms. The van der Waals surface area contributed by atoms with Gasteiger partial charge in [-0.05, 0) is 76.7 Å². The number of fused-ring (bicyclic) bond motifs is 4. The number of aromatic nitrogens is 7. The Hall–Kier alpha value is -4.37. The molecule has 3 atom stereocenters. The van der Waals surface area contributed by atoms with Crippen molar-refractivity contribution >= 4 is 33.8 Å². The smallest absolute Gasteiger partial charge is 0.251 e. The van der Waals surface area contributed by atoms with E-state index < -0.39 is 0 Å². The number of halogens is 1. The Balaban J connectivity index is 1.14. The second-order valence-electron chi connectivity index (χ2n) is 10.3. The number of allylic oxidation sites excluding steroid dienone is 1. The molecule has 10 heteroatoms. The number of aliphatic imine (C=N–C) groups is 1.